The highest BCUT2D eigenvalue weighted by Crippen LogP contribution is 2.38. The Morgan fingerprint density at radius 1 is 1.39 bits per heavy atom. The van der Waals surface area contributed by atoms with Gasteiger partial charge < -0.3 is 4.74 Å². The maximum absolute atomic E-state index is 6.39. The Morgan fingerprint density at radius 3 is 2.72 bits per heavy atom. The second-order valence-electron chi connectivity index (χ2n) is 5.23. The van der Waals surface area contributed by atoms with Gasteiger partial charge in [0.2, 0.25) is 0 Å². The molecule has 3 atom stereocenters. The Balaban J connectivity index is 2.47. The summed E-state index contributed by atoms with van der Waals surface area (Å²) in [6, 6.07) is 0. The van der Waals surface area contributed by atoms with Gasteiger partial charge in [-0.15, -0.1) is 11.6 Å². The van der Waals surface area contributed by atoms with Crippen LogP contribution in [0.25, 0.3) is 0 Å². The van der Waals surface area contributed by atoms with Gasteiger partial charge in [-0.2, -0.15) is 0 Å². The summed E-state index contributed by atoms with van der Waals surface area (Å²) in [6.45, 7) is 10.7. The van der Waals surface area contributed by atoms with E-state index in [1.165, 1.54) is 6.42 Å². The SMILES string of the molecule is C=C(C)/C=C(\C)OCC1CCC(Cl)[C@@H]1C/C=C\C. The quantitative estimate of drug-likeness (QED) is 0.282. The molecule has 1 aliphatic carbocycles. The fourth-order valence-corrected chi connectivity index (χ4v) is 3.00. The van der Waals surface area contributed by atoms with E-state index < -0.39 is 0 Å². The molecule has 1 rings (SSSR count). The van der Waals surface area contributed by atoms with E-state index in [9.17, 15) is 0 Å². The van der Waals surface area contributed by atoms with Crippen molar-refractivity contribution in [3.8, 4) is 0 Å². The molecule has 1 nitrogen and oxygen atoms in total. The molecule has 0 saturated heterocycles. The van der Waals surface area contributed by atoms with Crippen LogP contribution in [-0.4, -0.2) is 12.0 Å². The molecule has 0 aromatic heterocycles. The molecule has 102 valence electrons. The number of hydrogen-bond acceptors (Lipinski definition) is 1. The Hall–Kier alpha value is -0.690. The van der Waals surface area contributed by atoms with Crippen LogP contribution in [0.4, 0.5) is 0 Å². The molecule has 2 heteroatoms. The molecular formula is C16H25ClO. The summed E-state index contributed by atoms with van der Waals surface area (Å²) < 4.78 is 5.81. The van der Waals surface area contributed by atoms with Gasteiger partial charge in [-0.3, -0.25) is 0 Å². The zero-order chi connectivity index (χ0) is 13.5. The summed E-state index contributed by atoms with van der Waals surface area (Å²) >= 11 is 6.39. The third-order valence-corrected chi connectivity index (χ3v) is 4.04. The van der Waals surface area contributed by atoms with Gasteiger partial charge in [-0.1, -0.05) is 24.3 Å². The fraction of sp³-hybridized carbons (Fsp3) is 0.625. The van der Waals surface area contributed by atoms with Crippen molar-refractivity contribution in [3.05, 3.63) is 36.1 Å². The summed E-state index contributed by atoms with van der Waals surface area (Å²) in [4.78, 5) is 0. The van der Waals surface area contributed by atoms with Crippen LogP contribution in [0.1, 0.15) is 40.0 Å². The van der Waals surface area contributed by atoms with Crippen LogP contribution in [-0.2, 0) is 4.74 Å². The first-order valence-electron chi connectivity index (χ1n) is 6.76. The number of hydrogen-bond donors (Lipinski definition) is 0. The number of halogens is 1. The summed E-state index contributed by atoms with van der Waals surface area (Å²) in [5.41, 5.74) is 1.03. The molecule has 1 saturated carbocycles. The topological polar surface area (TPSA) is 9.23 Å². The summed E-state index contributed by atoms with van der Waals surface area (Å²) in [5.74, 6) is 2.09. The minimum Gasteiger partial charge on any atom is -0.498 e. The van der Waals surface area contributed by atoms with Gasteiger partial charge in [0.05, 0.1) is 12.4 Å². The average Bonchev–Trinajstić information content (AvgIpc) is 2.64. The third kappa shape index (κ3) is 4.89. The number of allylic oxidation sites excluding steroid dienone is 5. The smallest absolute Gasteiger partial charge is 0.0931 e. The molecule has 0 amide bonds. The van der Waals surface area contributed by atoms with E-state index in [1.54, 1.807) is 0 Å². The predicted molar refractivity (Wildman–Crippen MR) is 79.8 cm³/mol. The lowest BCUT2D eigenvalue weighted by Crippen LogP contribution is -2.18. The maximum atomic E-state index is 6.39. The molecular weight excluding hydrogens is 244 g/mol. The summed E-state index contributed by atoms with van der Waals surface area (Å²) in [5, 5.41) is 0.306. The molecule has 0 bridgehead atoms. The van der Waals surface area contributed by atoms with Crippen LogP contribution >= 0.6 is 11.6 Å². The van der Waals surface area contributed by atoms with Crippen LogP contribution in [0.2, 0.25) is 0 Å². The maximum Gasteiger partial charge on any atom is 0.0931 e. The Morgan fingerprint density at radius 2 is 2.11 bits per heavy atom. The van der Waals surface area contributed by atoms with Gasteiger partial charge in [0, 0.05) is 5.38 Å². The van der Waals surface area contributed by atoms with E-state index in [0.29, 0.717) is 17.2 Å². The van der Waals surface area contributed by atoms with Gasteiger partial charge >= 0.3 is 0 Å². The van der Waals surface area contributed by atoms with E-state index in [-0.39, 0.29) is 0 Å². The highest BCUT2D eigenvalue weighted by Gasteiger charge is 2.34. The van der Waals surface area contributed by atoms with Gasteiger partial charge in [-0.25, -0.2) is 0 Å². The summed E-state index contributed by atoms with van der Waals surface area (Å²) in [6.07, 6.45) is 9.66. The van der Waals surface area contributed by atoms with Crippen LogP contribution in [0, 0.1) is 11.8 Å². The number of rotatable bonds is 6. The molecule has 1 fully saturated rings. The molecule has 2 unspecified atom stereocenters. The molecule has 0 aromatic rings. The fourth-order valence-electron chi connectivity index (χ4n) is 2.56. The molecule has 0 spiro atoms. The minimum absolute atomic E-state index is 0.306. The van der Waals surface area contributed by atoms with Crippen molar-refractivity contribution in [2.75, 3.05) is 6.61 Å². The first-order chi connectivity index (χ1) is 8.54. The van der Waals surface area contributed by atoms with E-state index in [1.807, 2.05) is 19.9 Å². The molecule has 0 radical (unpaired) electrons. The molecule has 1 aliphatic rings. The second kappa shape index (κ2) is 7.68. The largest absolute Gasteiger partial charge is 0.498 e. The zero-order valence-corrected chi connectivity index (χ0v) is 12.5. The highest BCUT2D eigenvalue weighted by molar-refractivity contribution is 6.21. The van der Waals surface area contributed by atoms with E-state index in [0.717, 1.165) is 30.8 Å². The third-order valence-electron chi connectivity index (χ3n) is 3.50. The van der Waals surface area contributed by atoms with Crippen molar-refractivity contribution < 1.29 is 4.74 Å². The Bertz CT molecular complexity index is 330. The monoisotopic (exact) mass is 268 g/mol. The Kier molecular flexibility index (Phi) is 6.56. The van der Waals surface area contributed by atoms with Crippen LogP contribution in [0.15, 0.2) is 36.1 Å². The first kappa shape index (κ1) is 15.4. The van der Waals surface area contributed by atoms with E-state index >= 15 is 0 Å². The van der Waals surface area contributed by atoms with E-state index in [4.69, 9.17) is 16.3 Å². The van der Waals surface area contributed by atoms with Crippen molar-refractivity contribution >= 4 is 11.6 Å². The van der Waals surface area contributed by atoms with Crippen molar-refractivity contribution in [2.45, 2.75) is 45.4 Å². The van der Waals surface area contributed by atoms with Crippen LogP contribution in [0.3, 0.4) is 0 Å². The van der Waals surface area contributed by atoms with Gasteiger partial charge in [0.15, 0.2) is 0 Å². The summed E-state index contributed by atoms with van der Waals surface area (Å²) in [7, 11) is 0. The number of alkyl halides is 1. The normalized spacial score (nSPS) is 28.9. The lowest BCUT2D eigenvalue weighted by atomic mass is 9.93. The van der Waals surface area contributed by atoms with Crippen molar-refractivity contribution in [1.82, 2.24) is 0 Å². The van der Waals surface area contributed by atoms with Crippen LogP contribution < -0.4 is 0 Å². The standard InChI is InChI=1S/C16H25ClO/c1-5-6-7-15-14(8-9-16(15)17)11-18-13(4)10-12(2)3/h5-6,10,14-16H,2,7-9,11H2,1,3-4H3/b6-5-,13-10+/t14?,15-,16?/m1/s1. The van der Waals surface area contributed by atoms with Crippen molar-refractivity contribution in [3.63, 3.8) is 0 Å². The van der Waals surface area contributed by atoms with Gasteiger partial charge in [0.25, 0.3) is 0 Å². The Labute approximate surface area is 117 Å². The first-order valence-corrected chi connectivity index (χ1v) is 7.20. The lowest BCUT2D eigenvalue weighted by molar-refractivity contribution is 0.146. The molecule has 0 aliphatic heterocycles. The van der Waals surface area contributed by atoms with Gasteiger partial charge in [-0.05, 0) is 57.9 Å². The average molecular weight is 269 g/mol. The molecule has 0 aromatic carbocycles. The zero-order valence-electron chi connectivity index (χ0n) is 11.8. The minimum atomic E-state index is 0.306. The molecule has 18 heavy (non-hydrogen) atoms. The lowest BCUT2D eigenvalue weighted by Gasteiger charge is -2.21. The molecule has 0 heterocycles. The second-order valence-corrected chi connectivity index (χ2v) is 5.79. The predicted octanol–water partition coefficient (Wildman–Crippen LogP) is 5.08. The molecule has 0 N–H and O–H groups in total. The van der Waals surface area contributed by atoms with Gasteiger partial charge in [0.1, 0.15) is 0 Å². The van der Waals surface area contributed by atoms with Crippen molar-refractivity contribution in [2.24, 2.45) is 11.8 Å². The van der Waals surface area contributed by atoms with Crippen LogP contribution in [0.5, 0.6) is 0 Å². The highest BCUT2D eigenvalue weighted by atomic mass is 35.5. The van der Waals surface area contributed by atoms with E-state index in [2.05, 4.69) is 25.7 Å². The van der Waals surface area contributed by atoms with Crippen molar-refractivity contribution in [1.29, 1.82) is 0 Å². The number of ether oxygens (including phenoxy) is 1.